The average molecular weight is 428 g/mol. The third-order valence-electron chi connectivity index (χ3n) is 4.88. The van der Waals surface area contributed by atoms with Gasteiger partial charge in [-0.1, -0.05) is 54.6 Å². The highest BCUT2D eigenvalue weighted by Crippen LogP contribution is 2.47. The molecule has 1 aliphatic heterocycles. The van der Waals surface area contributed by atoms with E-state index in [1.807, 2.05) is 67.6 Å². The number of ether oxygens (including phenoxy) is 1. The molecule has 0 saturated heterocycles. The van der Waals surface area contributed by atoms with Gasteiger partial charge in [0, 0.05) is 5.56 Å². The summed E-state index contributed by atoms with van der Waals surface area (Å²) < 4.78 is 42.2. The molecule has 3 aromatic carbocycles. The predicted molar refractivity (Wildman–Crippen MR) is 115 cm³/mol. The highest BCUT2D eigenvalue weighted by atomic mass is 32.2. The zero-order valence-electron chi connectivity index (χ0n) is 15.9. The maximum atomic E-state index is 12.7. The van der Waals surface area contributed by atoms with Crippen molar-refractivity contribution in [1.29, 1.82) is 0 Å². The van der Waals surface area contributed by atoms with Crippen LogP contribution in [0, 0.1) is 0 Å². The summed E-state index contributed by atoms with van der Waals surface area (Å²) in [4.78, 5) is 0.719. The van der Waals surface area contributed by atoms with Crippen LogP contribution in [0.25, 0.3) is 11.1 Å². The van der Waals surface area contributed by atoms with Gasteiger partial charge in [-0.05, 0) is 46.9 Å². The molecule has 2 atom stereocenters. The number of sulfonamides is 1. The van der Waals surface area contributed by atoms with Crippen LogP contribution in [0.3, 0.4) is 0 Å². The van der Waals surface area contributed by atoms with E-state index < -0.39 is 27.3 Å². The molecule has 0 spiro atoms. The maximum Gasteiger partial charge on any atom is 0.213 e. The van der Waals surface area contributed by atoms with E-state index in [9.17, 15) is 13.0 Å². The topological polar surface area (TPSA) is 92.5 Å². The Morgan fingerprint density at radius 1 is 1.07 bits per heavy atom. The van der Waals surface area contributed by atoms with E-state index in [4.69, 9.17) is 9.88 Å². The second-order valence-electron chi connectivity index (χ2n) is 6.90. The molecule has 4 rings (SSSR count). The zero-order chi connectivity index (χ0) is 20.6. The maximum absolute atomic E-state index is 12.7. The minimum atomic E-state index is -3.66. The molecular formula is C22H21NO4S2. The molecular weight excluding hydrogens is 406 g/mol. The fraction of sp³-hybridized carbons (Fsp3) is 0.182. The van der Waals surface area contributed by atoms with E-state index in [0.29, 0.717) is 17.1 Å². The smallest absolute Gasteiger partial charge is 0.213 e. The standard InChI is InChI=1S/C22H21NO4S2/c1-2-28(24)20-10-6-9-19-21(20)17-12-11-15(14-29(23,25)26)13-18(17)22(27-19)16-7-4-3-5-8-16/h3-13,22H,2,14H2,1H3,(H2,23,25,26). The first kappa shape index (κ1) is 20.0. The monoisotopic (exact) mass is 427 g/mol. The Labute approximate surface area is 173 Å². The number of benzene rings is 3. The fourth-order valence-electron chi connectivity index (χ4n) is 3.66. The Hall–Kier alpha value is -2.32. The van der Waals surface area contributed by atoms with Crippen molar-refractivity contribution in [3.8, 4) is 16.9 Å². The first-order valence-electron chi connectivity index (χ1n) is 9.24. The van der Waals surface area contributed by atoms with E-state index >= 15 is 0 Å². The van der Waals surface area contributed by atoms with E-state index in [1.54, 1.807) is 6.07 Å². The van der Waals surface area contributed by atoms with Crippen LogP contribution in [-0.2, 0) is 27.0 Å². The molecule has 0 aromatic heterocycles. The van der Waals surface area contributed by atoms with Crippen LogP contribution >= 0.6 is 0 Å². The Morgan fingerprint density at radius 3 is 2.52 bits per heavy atom. The minimum Gasteiger partial charge on any atom is -0.611 e. The molecule has 0 aliphatic carbocycles. The molecule has 150 valence electrons. The van der Waals surface area contributed by atoms with Crippen molar-refractivity contribution in [3.05, 3.63) is 83.4 Å². The van der Waals surface area contributed by atoms with Gasteiger partial charge >= 0.3 is 0 Å². The Morgan fingerprint density at radius 2 is 1.83 bits per heavy atom. The van der Waals surface area contributed by atoms with Gasteiger partial charge in [0.2, 0.25) is 10.0 Å². The van der Waals surface area contributed by atoms with Gasteiger partial charge < -0.3 is 9.29 Å². The fourth-order valence-corrected chi connectivity index (χ4v) is 5.29. The lowest BCUT2D eigenvalue weighted by atomic mass is 9.88. The molecule has 0 amide bonds. The van der Waals surface area contributed by atoms with Gasteiger partial charge in [-0.2, -0.15) is 0 Å². The second-order valence-corrected chi connectivity index (χ2v) is 10.2. The average Bonchev–Trinajstić information content (AvgIpc) is 2.71. The van der Waals surface area contributed by atoms with Gasteiger partial charge in [-0.25, -0.2) is 13.6 Å². The molecule has 1 heterocycles. The van der Waals surface area contributed by atoms with Gasteiger partial charge in [0.05, 0.1) is 11.3 Å². The Balaban J connectivity index is 1.93. The van der Waals surface area contributed by atoms with E-state index in [-0.39, 0.29) is 5.75 Å². The van der Waals surface area contributed by atoms with Crippen LogP contribution in [0.1, 0.15) is 29.7 Å². The zero-order valence-corrected chi connectivity index (χ0v) is 17.5. The number of primary sulfonamides is 1. The molecule has 0 bridgehead atoms. The summed E-state index contributed by atoms with van der Waals surface area (Å²) in [6.07, 6.45) is -0.399. The molecule has 0 radical (unpaired) electrons. The summed E-state index contributed by atoms with van der Waals surface area (Å²) in [6.45, 7) is 1.88. The Kier molecular flexibility index (Phi) is 5.40. The van der Waals surface area contributed by atoms with Crippen molar-refractivity contribution in [2.75, 3.05) is 5.75 Å². The summed E-state index contributed by atoms with van der Waals surface area (Å²) in [7, 11) is -3.66. The van der Waals surface area contributed by atoms with Crippen molar-refractivity contribution in [2.24, 2.45) is 5.14 Å². The quantitative estimate of drug-likeness (QED) is 0.628. The van der Waals surface area contributed by atoms with E-state index in [1.165, 1.54) is 0 Å². The van der Waals surface area contributed by atoms with Gasteiger partial charge in [0.1, 0.15) is 17.6 Å². The summed E-state index contributed by atoms with van der Waals surface area (Å²) >= 11 is -1.16. The van der Waals surface area contributed by atoms with Crippen LogP contribution < -0.4 is 9.88 Å². The van der Waals surface area contributed by atoms with Gasteiger partial charge in [-0.3, -0.25) is 0 Å². The summed E-state index contributed by atoms with van der Waals surface area (Å²) in [5.41, 5.74) is 4.08. The van der Waals surface area contributed by atoms with Crippen molar-refractivity contribution in [1.82, 2.24) is 0 Å². The molecule has 1 aliphatic rings. The normalized spacial score (nSPS) is 16.4. The third kappa shape index (κ3) is 4.04. The van der Waals surface area contributed by atoms with Crippen molar-refractivity contribution in [2.45, 2.75) is 23.7 Å². The van der Waals surface area contributed by atoms with Crippen LogP contribution in [0.2, 0.25) is 0 Å². The van der Waals surface area contributed by atoms with Gasteiger partial charge in [-0.15, -0.1) is 0 Å². The van der Waals surface area contributed by atoms with Crippen molar-refractivity contribution >= 4 is 21.2 Å². The summed E-state index contributed by atoms with van der Waals surface area (Å²) in [5.74, 6) is 0.916. The number of nitrogens with two attached hydrogens (primary N) is 1. The molecule has 5 nitrogen and oxygen atoms in total. The van der Waals surface area contributed by atoms with Crippen LogP contribution in [0.15, 0.2) is 71.6 Å². The highest BCUT2D eigenvalue weighted by Gasteiger charge is 2.32. The van der Waals surface area contributed by atoms with Crippen LogP contribution in [-0.4, -0.2) is 18.7 Å². The lowest BCUT2D eigenvalue weighted by molar-refractivity contribution is 0.243. The van der Waals surface area contributed by atoms with Gasteiger partial charge in [0.15, 0.2) is 4.90 Å². The van der Waals surface area contributed by atoms with Crippen LogP contribution in [0.5, 0.6) is 5.75 Å². The number of fused-ring (bicyclic) bond motifs is 3. The second kappa shape index (κ2) is 7.84. The Bertz CT molecular complexity index is 1150. The van der Waals surface area contributed by atoms with Crippen molar-refractivity contribution in [3.63, 3.8) is 0 Å². The highest BCUT2D eigenvalue weighted by molar-refractivity contribution is 7.91. The largest absolute Gasteiger partial charge is 0.611 e. The number of rotatable bonds is 5. The molecule has 3 aromatic rings. The lowest BCUT2D eigenvalue weighted by Gasteiger charge is -2.30. The van der Waals surface area contributed by atoms with E-state index in [0.717, 1.165) is 27.1 Å². The summed E-state index contributed by atoms with van der Waals surface area (Å²) in [5, 5.41) is 5.25. The SMILES string of the molecule is CC[S+]([O-])c1cccc2c1-c1ccc(CS(N)(=O)=O)cc1C(c1ccccc1)O2. The lowest BCUT2D eigenvalue weighted by Crippen LogP contribution is -2.19. The molecule has 2 N–H and O–H groups in total. The molecule has 29 heavy (non-hydrogen) atoms. The number of hydrogen-bond donors (Lipinski definition) is 1. The minimum absolute atomic E-state index is 0.253. The third-order valence-corrected chi connectivity index (χ3v) is 6.97. The first-order valence-corrected chi connectivity index (χ1v) is 12.3. The summed E-state index contributed by atoms with van der Waals surface area (Å²) in [6, 6.07) is 20.8. The first-order chi connectivity index (χ1) is 13.9. The van der Waals surface area contributed by atoms with Crippen molar-refractivity contribution < 1.29 is 17.7 Å². The van der Waals surface area contributed by atoms with Gasteiger partial charge in [0.25, 0.3) is 0 Å². The van der Waals surface area contributed by atoms with E-state index in [2.05, 4.69) is 0 Å². The molecule has 2 unspecified atom stereocenters. The van der Waals surface area contributed by atoms with Crippen LogP contribution in [0.4, 0.5) is 0 Å². The molecule has 0 fully saturated rings. The molecule has 7 heteroatoms. The molecule has 0 saturated carbocycles. The predicted octanol–water partition coefficient (Wildman–Crippen LogP) is 3.75. The number of hydrogen-bond acceptors (Lipinski definition) is 4.